The second-order valence-electron chi connectivity index (χ2n) is 20.6. The summed E-state index contributed by atoms with van der Waals surface area (Å²) in [5.74, 6) is -9.79. The number of imide groups is 1. The summed E-state index contributed by atoms with van der Waals surface area (Å²) in [4.78, 5) is 113. The molecule has 0 unspecified atom stereocenters. The lowest BCUT2D eigenvalue weighted by molar-refractivity contribution is -0.192. The number of aliphatic hydroxyl groups is 1. The van der Waals surface area contributed by atoms with Gasteiger partial charge in [-0.1, -0.05) is 78.3 Å². The number of carboxylic acids is 2. The molecule has 0 saturated heterocycles. The second kappa shape index (κ2) is 30.7. The van der Waals surface area contributed by atoms with Crippen LogP contribution in [0.5, 0.6) is 0 Å². The molecule has 3 aromatic rings. The van der Waals surface area contributed by atoms with Gasteiger partial charge in [0.1, 0.15) is 24.3 Å². The number of carbonyl (C=O) groups excluding carboxylic acids is 7. The number of unbranched alkanes of at least 4 members (excludes halogenated alkanes) is 3. The first kappa shape index (κ1) is 65.9. The number of hydrogen-bond acceptors (Lipinski definition) is 11. The van der Waals surface area contributed by atoms with Crippen molar-refractivity contribution in [2.75, 3.05) is 26.2 Å². The minimum absolute atomic E-state index is 0.0138. The highest BCUT2D eigenvalue weighted by atomic mass is 19.4. The first-order valence-corrected chi connectivity index (χ1v) is 25.8. The lowest BCUT2D eigenvalue weighted by Crippen LogP contribution is -2.47. The van der Waals surface area contributed by atoms with Gasteiger partial charge in [0.15, 0.2) is 5.78 Å². The molecule has 1 aromatic heterocycles. The maximum Gasteiger partial charge on any atom is 0.490 e. The minimum Gasteiger partial charge on any atom is -0.480 e. The van der Waals surface area contributed by atoms with Gasteiger partial charge in [-0.2, -0.15) is 13.2 Å². The van der Waals surface area contributed by atoms with Crippen molar-refractivity contribution in [1.82, 2.24) is 30.3 Å². The lowest BCUT2D eigenvalue weighted by Gasteiger charge is -2.41. The number of halogens is 5. The first-order valence-electron chi connectivity index (χ1n) is 25.8. The lowest BCUT2D eigenvalue weighted by atomic mass is 9.82. The van der Waals surface area contributed by atoms with Crippen molar-refractivity contribution >= 4 is 53.2 Å². The zero-order chi connectivity index (χ0) is 59.4. The van der Waals surface area contributed by atoms with Crippen molar-refractivity contribution in [2.45, 2.75) is 136 Å². The van der Waals surface area contributed by atoms with E-state index in [1.54, 1.807) is 26.1 Å². The van der Waals surface area contributed by atoms with Gasteiger partial charge in [0, 0.05) is 80.1 Å². The highest BCUT2D eigenvalue weighted by molar-refractivity contribution is 6.12. The van der Waals surface area contributed by atoms with E-state index in [0.717, 1.165) is 28.7 Å². The maximum absolute atomic E-state index is 15.1. The number of aliphatic carboxylic acids is 2. The number of hydrogen-bond donors (Lipinski definition) is 7. The van der Waals surface area contributed by atoms with Gasteiger partial charge in [0.25, 0.3) is 11.8 Å². The van der Waals surface area contributed by atoms with Crippen LogP contribution in [0.2, 0.25) is 0 Å². The standard InChI is InChI=1S/C53H71F2N7O10.C2HF3O2/c1-33(2)48(59-44(65)18-11-8-14-25-61-45(66)21-22-46(61)67)43(64)27-34(3)50(69)58-41(52(71)72)17-12-13-24-57-51(70)40(56)23-26-62(47(68)32-63)49(53(4,5)6)42-28-36(38-29-37(54)19-20-39(38)55)31-60(42)30-35-15-9-7-10-16-35;3-2(4,5)1(6)7/h7,9-10,15-16,19-22,28-29,31,33-34,40-41,48-49,63H,8,11-14,17-18,23-27,30,32,56H2,1-6H3,(H,57,70)(H,58,69)(H,59,65)(H,71,72);(H,6,7)/t34-,40+,41+,48+,49+;/m1./s1. The van der Waals surface area contributed by atoms with E-state index in [4.69, 9.17) is 15.6 Å². The highest BCUT2D eigenvalue weighted by Crippen LogP contribution is 2.41. The van der Waals surface area contributed by atoms with E-state index in [2.05, 4.69) is 16.0 Å². The normalized spacial score (nSPS) is 14.4. The SMILES string of the molecule is CC(C)[C@H](NC(=O)CCCCCN1C(=O)C=CC1=O)C(=O)C[C@@H](C)C(=O)N[C@@H](CCCCNC(=O)[C@@H](N)CCN(C(=O)CO)[C@@H](c1cc(-c2cc(F)ccc2F)cn1Cc1ccccc1)C(C)(C)C)C(=O)O.O=C(O)C(F)(F)F. The number of Topliss-reactive ketones (excluding diaryl/α,β-unsaturated/α-hetero) is 1. The summed E-state index contributed by atoms with van der Waals surface area (Å²) in [6.07, 6.45) is 1.09. The van der Waals surface area contributed by atoms with Crippen LogP contribution < -0.4 is 21.7 Å². The number of alkyl halides is 3. The van der Waals surface area contributed by atoms with Gasteiger partial charge in [0.05, 0.1) is 18.1 Å². The zero-order valence-corrected chi connectivity index (χ0v) is 45.1. The predicted molar refractivity (Wildman–Crippen MR) is 279 cm³/mol. The Labute approximate surface area is 455 Å². The van der Waals surface area contributed by atoms with Gasteiger partial charge in [-0.05, 0) is 79.7 Å². The van der Waals surface area contributed by atoms with Gasteiger partial charge in [0.2, 0.25) is 23.6 Å². The van der Waals surface area contributed by atoms with E-state index in [-0.39, 0.29) is 86.7 Å². The van der Waals surface area contributed by atoms with E-state index in [1.165, 1.54) is 24.0 Å². The van der Waals surface area contributed by atoms with Crippen LogP contribution in [0.25, 0.3) is 11.1 Å². The van der Waals surface area contributed by atoms with Gasteiger partial charge < -0.3 is 46.5 Å². The zero-order valence-electron chi connectivity index (χ0n) is 45.1. The summed E-state index contributed by atoms with van der Waals surface area (Å²) in [5, 5.41) is 35.2. The summed E-state index contributed by atoms with van der Waals surface area (Å²) >= 11 is 0. The third-order valence-electron chi connectivity index (χ3n) is 12.8. The molecule has 1 aliphatic heterocycles. The topological polar surface area (TPSA) is 288 Å². The molecule has 79 heavy (non-hydrogen) atoms. The van der Waals surface area contributed by atoms with Gasteiger partial charge in [-0.15, -0.1) is 0 Å². The fraction of sp³-hybridized carbons (Fsp3) is 0.509. The average molecular weight is 1120 g/mol. The smallest absolute Gasteiger partial charge is 0.480 e. The third kappa shape index (κ3) is 21.1. The highest BCUT2D eigenvalue weighted by Gasteiger charge is 2.39. The molecule has 19 nitrogen and oxygen atoms in total. The van der Waals surface area contributed by atoms with E-state index < -0.39 is 89.6 Å². The Morgan fingerprint density at radius 2 is 1.43 bits per heavy atom. The monoisotopic (exact) mass is 1120 g/mol. The fourth-order valence-corrected chi connectivity index (χ4v) is 8.67. The maximum atomic E-state index is 15.1. The van der Waals surface area contributed by atoms with Crippen LogP contribution in [0.1, 0.15) is 117 Å². The summed E-state index contributed by atoms with van der Waals surface area (Å²) in [5.41, 5.74) is 7.56. The molecule has 0 radical (unpaired) electrons. The fourth-order valence-electron chi connectivity index (χ4n) is 8.67. The quantitative estimate of drug-likeness (QED) is 0.0246. The van der Waals surface area contributed by atoms with Crippen molar-refractivity contribution in [3.8, 4) is 11.1 Å². The second-order valence-corrected chi connectivity index (χ2v) is 20.6. The first-order chi connectivity index (χ1) is 37.0. The van der Waals surface area contributed by atoms with Crippen LogP contribution in [-0.4, -0.2) is 133 Å². The van der Waals surface area contributed by atoms with E-state index in [1.807, 2.05) is 55.7 Å². The van der Waals surface area contributed by atoms with Crippen LogP contribution in [0.15, 0.2) is 72.9 Å². The Morgan fingerprint density at radius 1 is 0.797 bits per heavy atom. The van der Waals surface area contributed by atoms with E-state index in [0.29, 0.717) is 43.5 Å². The minimum atomic E-state index is -5.08. The Balaban J connectivity index is 0.00000219. The molecule has 0 saturated carbocycles. The number of aromatic nitrogens is 1. The molecule has 24 heteroatoms. The van der Waals surface area contributed by atoms with Crippen LogP contribution in [0.3, 0.4) is 0 Å². The van der Waals surface area contributed by atoms with Gasteiger partial charge in [-0.3, -0.25) is 38.5 Å². The molecule has 1 aliphatic rings. The van der Waals surface area contributed by atoms with Crippen molar-refractivity contribution in [1.29, 1.82) is 0 Å². The molecule has 8 N–H and O–H groups in total. The Hall–Kier alpha value is -7.34. The predicted octanol–water partition coefficient (Wildman–Crippen LogP) is 5.82. The molecular formula is C55H72F5N7O12. The van der Waals surface area contributed by atoms with Crippen molar-refractivity contribution < 1.29 is 80.4 Å². The number of nitrogens with two attached hydrogens (primary N) is 1. The summed E-state index contributed by atoms with van der Waals surface area (Å²) in [6.45, 7) is 10.5. The molecule has 0 spiro atoms. The van der Waals surface area contributed by atoms with Gasteiger partial charge in [-0.25, -0.2) is 18.4 Å². The average Bonchev–Trinajstić information content (AvgIpc) is 3.94. The van der Waals surface area contributed by atoms with Crippen LogP contribution >= 0.6 is 0 Å². The molecular weight excluding hydrogens is 1050 g/mol. The summed E-state index contributed by atoms with van der Waals surface area (Å²) in [7, 11) is 0. The van der Waals surface area contributed by atoms with E-state index >= 15 is 4.39 Å². The Morgan fingerprint density at radius 3 is 2.00 bits per heavy atom. The van der Waals surface area contributed by atoms with Crippen molar-refractivity contribution in [3.63, 3.8) is 0 Å². The van der Waals surface area contributed by atoms with Crippen molar-refractivity contribution in [3.05, 3.63) is 95.8 Å². The molecule has 434 valence electrons. The molecule has 6 amide bonds. The van der Waals surface area contributed by atoms with Gasteiger partial charge >= 0.3 is 18.1 Å². The molecule has 2 aromatic carbocycles. The molecule has 2 heterocycles. The number of aliphatic hydroxyl groups excluding tert-OH is 1. The third-order valence-corrected chi connectivity index (χ3v) is 12.8. The summed E-state index contributed by atoms with van der Waals surface area (Å²) < 4.78 is 63.1. The molecule has 0 fully saturated rings. The number of nitrogens with zero attached hydrogens (tertiary/aromatic N) is 3. The molecule has 4 rings (SSSR count). The van der Waals surface area contributed by atoms with Crippen LogP contribution in [0.4, 0.5) is 22.0 Å². The number of benzene rings is 2. The molecule has 0 aliphatic carbocycles. The number of ketones is 1. The number of amides is 6. The summed E-state index contributed by atoms with van der Waals surface area (Å²) in [6, 6.07) is 10.3. The van der Waals surface area contributed by atoms with E-state index in [9.17, 15) is 66.1 Å². The van der Waals surface area contributed by atoms with Crippen molar-refractivity contribution in [2.24, 2.45) is 23.0 Å². The number of rotatable bonds is 29. The Bertz CT molecular complexity index is 2620. The van der Waals surface area contributed by atoms with Crippen LogP contribution in [0, 0.1) is 28.9 Å². The largest absolute Gasteiger partial charge is 0.490 e. The molecule has 0 bridgehead atoms. The van der Waals surface area contributed by atoms with Crippen LogP contribution in [-0.2, 0) is 49.7 Å². The number of carbonyl (C=O) groups is 9. The number of nitrogens with one attached hydrogen (secondary N) is 3. The Kier molecular flexibility index (Phi) is 25.6. The molecule has 5 atom stereocenters. The number of carboxylic acid groups (broad SMARTS) is 2.